The Bertz CT molecular complexity index is 1040. The summed E-state index contributed by atoms with van der Waals surface area (Å²) in [6.45, 7) is 3.16. The van der Waals surface area contributed by atoms with E-state index in [1.807, 2.05) is 6.07 Å². The molecule has 0 radical (unpaired) electrons. The summed E-state index contributed by atoms with van der Waals surface area (Å²) >= 11 is 1.70. The first kappa shape index (κ1) is 15.5. The first-order chi connectivity index (χ1) is 12.9. The van der Waals surface area contributed by atoms with Crippen LogP contribution >= 0.6 is 11.3 Å². The van der Waals surface area contributed by atoms with Gasteiger partial charge in [0, 0.05) is 24.5 Å². The standard InChI is InChI=1S/C19H17N5OS/c1-2-16-15(9-13(1)14-3-8-26-11-14)19(23-22-16)17-10-18(21-12-20-17)24-4-6-25-7-5-24/h1-3,8-12H,4-7H2,(H,22,23). The summed E-state index contributed by atoms with van der Waals surface area (Å²) in [5, 5.41) is 13.0. The number of fused-ring (bicyclic) bond motifs is 1. The molecule has 1 saturated heterocycles. The van der Waals surface area contributed by atoms with Gasteiger partial charge < -0.3 is 9.64 Å². The molecule has 0 aliphatic carbocycles. The van der Waals surface area contributed by atoms with Crippen LogP contribution in [0.3, 0.4) is 0 Å². The molecule has 0 saturated carbocycles. The molecular formula is C19H17N5OS. The van der Waals surface area contributed by atoms with Crippen molar-refractivity contribution in [2.75, 3.05) is 31.2 Å². The minimum Gasteiger partial charge on any atom is -0.378 e. The number of H-pyrrole nitrogens is 1. The lowest BCUT2D eigenvalue weighted by atomic mass is 10.0. The molecule has 1 aromatic carbocycles. The van der Waals surface area contributed by atoms with Crippen LogP contribution in [0.1, 0.15) is 0 Å². The maximum absolute atomic E-state index is 5.43. The number of benzene rings is 1. The van der Waals surface area contributed by atoms with E-state index in [1.54, 1.807) is 17.7 Å². The van der Waals surface area contributed by atoms with Crippen LogP contribution in [0.2, 0.25) is 0 Å². The Kier molecular flexibility index (Phi) is 3.88. The summed E-state index contributed by atoms with van der Waals surface area (Å²) in [5.41, 5.74) is 5.10. The molecule has 0 atom stereocenters. The summed E-state index contributed by atoms with van der Waals surface area (Å²) < 4.78 is 5.43. The molecular weight excluding hydrogens is 346 g/mol. The molecule has 0 spiro atoms. The molecule has 6 nitrogen and oxygen atoms in total. The summed E-state index contributed by atoms with van der Waals surface area (Å²) in [5.74, 6) is 0.920. The maximum Gasteiger partial charge on any atom is 0.132 e. The van der Waals surface area contributed by atoms with Gasteiger partial charge >= 0.3 is 0 Å². The number of rotatable bonds is 3. The van der Waals surface area contributed by atoms with Crippen LogP contribution in [0.5, 0.6) is 0 Å². The van der Waals surface area contributed by atoms with Crippen LogP contribution in [-0.2, 0) is 4.74 Å². The van der Waals surface area contributed by atoms with Crippen LogP contribution in [-0.4, -0.2) is 46.5 Å². The molecule has 1 aliphatic rings. The van der Waals surface area contributed by atoms with E-state index in [2.05, 4.69) is 60.1 Å². The Balaban J connectivity index is 1.57. The Morgan fingerprint density at radius 2 is 1.96 bits per heavy atom. The molecule has 1 fully saturated rings. The second-order valence-corrected chi connectivity index (χ2v) is 6.99. The van der Waals surface area contributed by atoms with Gasteiger partial charge in [0.15, 0.2) is 0 Å². The van der Waals surface area contributed by atoms with Gasteiger partial charge in [0.05, 0.1) is 24.4 Å². The van der Waals surface area contributed by atoms with E-state index in [1.165, 1.54) is 11.1 Å². The molecule has 5 rings (SSSR count). The topological polar surface area (TPSA) is 66.9 Å². The lowest BCUT2D eigenvalue weighted by Gasteiger charge is -2.27. The molecule has 130 valence electrons. The predicted molar refractivity (Wildman–Crippen MR) is 103 cm³/mol. The van der Waals surface area contributed by atoms with E-state index in [0.29, 0.717) is 0 Å². The lowest BCUT2D eigenvalue weighted by molar-refractivity contribution is 0.122. The fourth-order valence-electron chi connectivity index (χ4n) is 3.26. The number of nitrogens with one attached hydrogen (secondary N) is 1. The second-order valence-electron chi connectivity index (χ2n) is 6.21. The summed E-state index contributed by atoms with van der Waals surface area (Å²) in [6, 6.07) is 10.5. The van der Waals surface area contributed by atoms with Crippen LogP contribution in [0, 0.1) is 0 Å². The summed E-state index contributed by atoms with van der Waals surface area (Å²) in [7, 11) is 0. The zero-order chi connectivity index (χ0) is 17.3. The van der Waals surface area contributed by atoms with Gasteiger partial charge in [0.2, 0.25) is 0 Å². The summed E-state index contributed by atoms with van der Waals surface area (Å²) in [4.78, 5) is 11.1. The van der Waals surface area contributed by atoms with Crippen molar-refractivity contribution in [2.24, 2.45) is 0 Å². The van der Waals surface area contributed by atoms with Gasteiger partial charge in [-0.1, -0.05) is 6.07 Å². The Hall–Kier alpha value is -2.77. The highest BCUT2D eigenvalue weighted by molar-refractivity contribution is 7.08. The molecule has 1 N–H and O–H groups in total. The maximum atomic E-state index is 5.43. The third kappa shape index (κ3) is 2.75. The van der Waals surface area contributed by atoms with Gasteiger partial charge in [0.1, 0.15) is 17.8 Å². The fraction of sp³-hybridized carbons (Fsp3) is 0.211. The first-order valence-electron chi connectivity index (χ1n) is 8.54. The van der Waals surface area contributed by atoms with E-state index in [-0.39, 0.29) is 0 Å². The Labute approximate surface area is 154 Å². The number of thiophene rings is 1. The van der Waals surface area contributed by atoms with E-state index >= 15 is 0 Å². The van der Waals surface area contributed by atoms with Crippen LogP contribution in [0.4, 0.5) is 5.82 Å². The SMILES string of the molecule is c1nc(-c2n[nH]c3ccc(-c4ccsc4)cc23)cc(N2CCOCC2)n1. The molecule has 1 aliphatic heterocycles. The number of ether oxygens (including phenoxy) is 1. The van der Waals surface area contributed by atoms with Crippen molar-refractivity contribution in [3.63, 3.8) is 0 Å². The highest BCUT2D eigenvalue weighted by Crippen LogP contribution is 2.31. The van der Waals surface area contributed by atoms with Crippen molar-refractivity contribution >= 4 is 28.1 Å². The number of anilines is 1. The average Bonchev–Trinajstić information content (AvgIpc) is 3.38. The van der Waals surface area contributed by atoms with E-state index in [9.17, 15) is 0 Å². The van der Waals surface area contributed by atoms with Crippen LogP contribution in [0.25, 0.3) is 33.4 Å². The number of nitrogens with zero attached hydrogens (tertiary/aromatic N) is 4. The lowest BCUT2D eigenvalue weighted by Crippen LogP contribution is -2.36. The van der Waals surface area contributed by atoms with Crippen molar-refractivity contribution < 1.29 is 4.74 Å². The molecule has 4 aromatic rings. The molecule has 0 amide bonds. The van der Waals surface area contributed by atoms with Gasteiger partial charge in [-0.3, -0.25) is 5.10 Å². The smallest absolute Gasteiger partial charge is 0.132 e. The number of hydrogen-bond donors (Lipinski definition) is 1. The van der Waals surface area contributed by atoms with Gasteiger partial charge in [-0.2, -0.15) is 16.4 Å². The van der Waals surface area contributed by atoms with Crippen LogP contribution < -0.4 is 4.90 Å². The van der Waals surface area contributed by atoms with Crippen LogP contribution in [0.15, 0.2) is 47.4 Å². The molecule has 7 heteroatoms. The van der Waals surface area contributed by atoms with Crippen molar-refractivity contribution in [1.82, 2.24) is 20.2 Å². The average molecular weight is 363 g/mol. The van der Waals surface area contributed by atoms with E-state index < -0.39 is 0 Å². The zero-order valence-electron chi connectivity index (χ0n) is 14.1. The van der Waals surface area contributed by atoms with Crippen molar-refractivity contribution in [3.05, 3.63) is 47.4 Å². The highest BCUT2D eigenvalue weighted by Gasteiger charge is 2.16. The summed E-state index contributed by atoms with van der Waals surface area (Å²) in [6.07, 6.45) is 1.61. The van der Waals surface area contributed by atoms with Crippen molar-refractivity contribution in [1.29, 1.82) is 0 Å². The van der Waals surface area contributed by atoms with E-state index in [0.717, 1.165) is 54.4 Å². The van der Waals surface area contributed by atoms with Crippen molar-refractivity contribution in [2.45, 2.75) is 0 Å². The zero-order valence-corrected chi connectivity index (χ0v) is 14.9. The number of aromatic amines is 1. The third-order valence-corrected chi connectivity index (χ3v) is 5.33. The monoisotopic (exact) mass is 363 g/mol. The second kappa shape index (κ2) is 6.51. The van der Waals surface area contributed by atoms with Gasteiger partial charge in [-0.15, -0.1) is 0 Å². The Morgan fingerprint density at radius 3 is 2.81 bits per heavy atom. The van der Waals surface area contributed by atoms with Crippen molar-refractivity contribution in [3.8, 4) is 22.5 Å². The van der Waals surface area contributed by atoms with Gasteiger partial charge in [-0.25, -0.2) is 9.97 Å². The van der Waals surface area contributed by atoms with E-state index in [4.69, 9.17) is 4.74 Å². The normalized spacial score (nSPS) is 14.8. The predicted octanol–water partition coefficient (Wildman–Crippen LogP) is 3.59. The molecule has 26 heavy (non-hydrogen) atoms. The quantitative estimate of drug-likeness (QED) is 0.603. The first-order valence-corrected chi connectivity index (χ1v) is 9.48. The fourth-order valence-corrected chi connectivity index (χ4v) is 3.92. The molecule has 3 aromatic heterocycles. The largest absolute Gasteiger partial charge is 0.378 e. The molecule has 4 heterocycles. The highest BCUT2D eigenvalue weighted by atomic mass is 32.1. The third-order valence-electron chi connectivity index (χ3n) is 4.65. The number of aromatic nitrogens is 4. The van der Waals surface area contributed by atoms with Gasteiger partial charge in [0.25, 0.3) is 0 Å². The molecule has 0 bridgehead atoms. The van der Waals surface area contributed by atoms with Gasteiger partial charge in [-0.05, 0) is 40.1 Å². The molecule has 0 unspecified atom stereocenters. The minimum atomic E-state index is 0.731. The minimum absolute atomic E-state index is 0.731. The Morgan fingerprint density at radius 1 is 1.04 bits per heavy atom. The number of hydrogen-bond acceptors (Lipinski definition) is 6. The number of morpholine rings is 1.